The largest absolute Gasteiger partial charge is 0.372 e. The molecule has 1 unspecified atom stereocenters. The van der Waals surface area contributed by atoms with Crippen LogP contribution in [-0.2, 0) is 11.2 Å². The van der Waals surface area contributed by atoms with Gasteiger partial charge >= 0.3 is 0 Å². The van der Waals surface area contributed by atoms with Gasteiger partial charge in [0, 0.05) is 12.2 Å². The molecule has 76 valence electrons. The van der Waals surface area contributed by atoms with E-state index in [0.717, 1.165) is 24.1 Å². The van der Waals surface area contributed by atoms with Crippen LogP contribution in [0.5, 0.6) is 0 Å². The van der Waals surface area contributed by atoms with E-state index in [9.17, 15) is 4.79 Å². The van der Waals surface area contributed by atoms with Crippen LogP contribution in [0.2, 0.25) is 0 Å². The predicted molar refractivity (Wildman–Crippen MR) is 49.8 cm³/mol. The zero-order valence-electron chi connectivity index (χ0n) is 8.04. The van der Waals surface area contributed by atoms with Crippen molar-refractivity contribution < 1.29 is 9.53 Å². The lowest BCUT2D eigenvalue weighted by molar-refractivity contribution is 0.0669. The Bertz CT molecular complexity index is 359. The maximum atomic E-state index is 11.1. The average molecular weight is 195 g/mol. The molecule has 2 heterocycles. The molecule has 0 saturated carbocycles. The number of rotatable bonds is 1. The second-order valence-electron chi connectivity index (χ2n) is 3.45. The molecule has 1 aromatic heterocycles. The van der Waals surface area contributed by atoms with Gasteiger partial charge in [-0.3, -0.25) is 9.89 Å². The van der Waals surface area contributed by atoms with Crippen LogP contribution in [-0.4, -0.2) is 22.7 Å². The summed E-state index contributed by atoms with van der Waals surface area (Å²) >= 11 is 0. The van der Waals surface area contributed by atoms with Gasteiger partial charge < -0.3 is 10.5 Å². The highest BCUT2D eigenvalue weighted by molar-refractivity contribution is 5.92. The molecule has 0 fully saturated rings. The van der Waals surface area contributed by atoms with Crippen LogP contribution in [0.15, 0.2) is 0 Å². The summed E-state index contributed by atoms with van der Waals surface area (Å²) in [4.78, 5) is 11.1. The summed E-state index contributed by atoms with van der Waals surface area (Å²) in [7, 11) is 0. The van der Waals surface area contributed by atoms with Gasteiger partial charge in [-0.15, -0.1) is 0 Å². The molecule has 2 rings (SSSR count). The first-order chi connectivity index (χ1) is 6.70. The minimum Gasteiger partial charge on any atom is -0.372 e. The second-order valence-corrected chi connectivity index (χ2v) is 3.45. The number of hydrogen-bond acceptors (Lipinski definition) is 3. The number of aromatic nitrogens is 2. The van der Waals surface area contributed by atoms with E-state index in [0.29, 0.717) is 12.3 Å². The van der Waals surface area contributed by atoms with Crippen molar-refractivity contribution in [1.29, 1.82) is 0 Å². The number of ether oxygens (including phenoxy) is 1. The fourth-order valence-corrected chi connectivity index (χ4v) is 1.76. The van der Waals surface area contributed by atoms with Crippen LogP contribution in [0.1, 0.15) is 41.2 Å². The Morgan fingerprint density at radius 1 is 1.71 bits per heavy atom. The van der Waals surface area contributed by atoms with Crippen LogP contribution < -0.4 is 5.73 Å². The lowest BCUT2D eigenvalue weighted by atomic mass is 10.1. The van der Waals surface area contributed by atoms with E-state index >= 15 is 0 Å². The Labute approximate surface area is 81.6 Å². The molecule has 1 aromatic rings. The molecule has 5 nitrogen and oxygen atoms in total. The number of fused-ring (bicyclic) bond motifs is 1. The Hall–Kier alpha value is -1.36. The van der Waals surface area contributed by atoms with Crippen molar-refractivity contribution in [2.45, 2.75) is 25.9 Å². The Morgan fingerprint density at radius 3 is 3.21 bits per heavy atom. The minimum absolute atomic E-state index is 0.0342. The van der Waals surface area contributed by atoms with Gasteiger partial charge in [-0.25, -0.2) is 0 Å². The first kappa shape index (κ1) is 9.21. The summed E-state index contributed by atoms with van der Waals surface area (Å²) < 4.78 is 5.50. The molecule has 1 aliphatic rings. The smallest absolute Gasteiger partial charge is 0.269 e. The number of nitrogens with zero attached hydrogens (tertiary/aromatic N) is 1. The molecule has 0 bridgehead atoms. The standard InChI is InChI=1S/C9H13N3O2/c1-5-7-6(3-2-4-14-5)8(9(10)13)12-11-7/h5H,2-4H2,1H3,(H2,10,13)(H,11,12). The normalized spacial score (nSPS) is 21.4. The number of carbonyl (C=O) groups excluding carboxylic acids is 1. The summed E-state index contributed by atoms with van der Waals surface area (Å²) in [6.45, 7) is 2.65. The molecule has 14 heavy (non-hydrogen) atoms. The molecule has 1 aliphatic heterocycles. The Balaban J connectivity index is 2.44. The van der Waals surface area contributed by atoms with Gasteiger partial charge in [0.15, 0.2) is 5.69 Å². The number of nitrogens with two attached hydrogens (primary N) is 1. The summed E-state index contributed by atoms with van der Waals surface area (Å²) in [5.74, 6) is -0.475. The van der Waals surface area contributed by atoms with E-state index < -0.39 is 5.91 Å². The number of aromatic amines is 1. The lowest BCUT2D eigenvalue weighted by Crippen LogP contribution is -2.14. The van der Waals surface area contributed by atoms with Gasteiger partial charge in [0.2, 0.25) is 0 Å². The summed E-state index contributed by atoms with van der Waals surface area (Å²) in [5.41, 5.74) is 7.38. The number of hydrogen-bond donors (Lipinski definition) is 2. The highest BCUT2D eigenvalue weighted by Crippen LogP contribution is 2.25. The number of nitrogens with one attached hydrogen (secondary N) is 1. The first-order valence-corrected chi connectivity index (χ1v) is 4.68. The number of primary amides is 1. The summed E-state index contributed by atoms with van der Waals surface area (Å²) in [5, 5.41) is 6.73. The molecule has 1 amide bonds. The highest BCUT2D eigenvalue weighted by atomic mass is 16.5. The van der Waals surface area contributed by atoms with Gasteiger partial charge in [0.25, 0.3) is 5.91 Å². The molecule has 1 atom stereocenters. The van der Waals surface area contributed by atoms with Crippen LogP contribution >= 0.6 is 0 Å². The molecular weight excluding hydrogens is 182 g/mol. The fraction of sp³-hybridized carbons (Fsp3) is 0.556. The summed E-state index contributed by atoms with van der Waals surface area (Å²) in [6, 6.07) is 0. The van der Waals surface area contributed by atoms with E-state index in [-0.39, 0.29) is 6.10 Å². The molecule has 3 N–H and O–H groups in total. The van der Waals surface area contributed by atoms with E-state index in [1.165, 1.54) is 0 Å². The van der Waals surface area contributed by atoms with Gasteiger partial charge in [0.1, 0.15) is 0 Å². The van der Waals surface area contributed by atoms with Crippen molar-refractivity contribution in [3.8, 4) is 0 Å². The molecule has 0 aliphatic carbocycles. The van der Waals surface area contributed by atoms with Crippen molar-refractivity contribution in [2.24, 2.45) is 5.73 Å². The van der Waals surface area contributed by atoms with Crippen molar-refractivity contribution in [3.05, 3.63) is 17.0 Å². The number of H-pyrrole nitrogens is 1. The van der Waals surface area contributed by atoms with Crippen LogP contribution in [0, 0.1) is 0 Å². The molecule has 0 saturated heterocycles. The number of carbonyl (C=O) groups is 1. The Morgan fingerprint density at radius 2 is 2.50 bits per heavy atom. The monoisotopic (exact) mass is 195 g/mol. The molecule has 0 aromatic carbocycles. The van der Waals surface area contributed by atoms with Crippen molar-refractivity contribution in [2.75, 3.05) is 6.61 Å². The third kappa shape index (κ3) is 1.39. The first-order valence-electron chi connectivity index (χ1n) is 4.68. The van der Waals surface area contributed by atoms with Gasteiger partial charge in [-0.1, -0.05) is 0 Å². The quantitative estimate of drug-likeness (QED) is 0.686. The second kappa shape index (κ2) is 3.42. The summed E-state index contributed by atoms with van der Waals surface area (Å²) in [6.07, 6.45) is 1.67. The van der Waals surface area contributed by atoms with E-state index in [4.69, 9.17) is 10.5 Å². The van der Waals surface area contributed by atoms with Gasteiger partial charge in [0.05, 0.1) is 11.8 Å². The minimum atomic E-state index is -0.475. The Kier molecular flexibility index (Phi) is 2.25. The maximum Gasteiger partial charge on any atom is 0.269 e. The van der Waals surface area contributed by atoms with Crippen molar-refractivity contribution in [3.63, 3.8) is 0 Å². The third-order valence-electron chi connectivity index (χ3n) is 2.48. The van der Waals surface area contributed by atoms with Gasteiger partial charge in [-0.2, -0.15) is 5.10 Å². The predicted octanol–water partition coefficient (Wildman–Crippen LogP) is 0.532. The molecular formula is C9H13N3O2. The van der Waals surface area contributed by atoms with Crippen LogP contribution in [0.4, 0.5) is 0 Å². The van der Waals surface area contributed by atoms with Crippen LogP contribution in [0.25, 0.3) is 0 Å². The number of amides is 1. The van der Waals surface area contributed by atoms with Crippen molar-refractivity contribution in [1.82, 2.24) is 10.2 Å². The third-order valence-corrected chi connectivity index (χ3v) is 2.48. The zero-order chi connectivity index (χ0) is 10.1. The van der Waals surface area contributed by atoms with Crippen molar-refractivity contribution >= 4 is 5.91 Å². The topological polar surface area (TPSA) is 81.0 Å². The average Bonchev–Trinajstić information content (AvgIpc) is 2.48. The van der Waals surface area contributed by atoms with E-state index in [1.54, 1.807) is 0 Å². The SMILES string of the molecule is CC1OCCCc2c(C(N)=O)n[nH]c21. The van der Waals surface area contributed by atoms with Crippen LogP contribution in [0.3, 0.4) is 0 Å². The highest BCUT2D eigenvalue weighted by Gasteiger charge is 2.23. The molecule has 0 spiro atoms. The molecule has 5 heteroatoms. The van der Waals surface area contributed by atoms with E-state index in [1.807, 2.05) is 6.92 Å². The maximum absolute atomic E-state index is 11.1. The van der Waals surface area contributed by atoms with E-state index in [2.05, 4.69) is 10.2 Å². The van der Waals surface area contributed by atoms with Gasteiger partial charge in [-0.05, 0) is 19.8 Å². The molecule has 0 radical (unpaired) electrons. The zero-order valence-corrected chi connectivity index (χ0v) is 8.04. The lowest BCUT2D eigenvalue weighted by Gasteiger charge is -2.07. The fourth-order valence-electron chi connectivity index (χ4n) is 1.76.